The van der Waals surface area contributed by atoms with Crippen LogP contribution in [-0.2, 0) is 4.74 Å². The molecule has 0 atom stereocenters. The minimum atomic E-state index is -0.534. The minimum Gasteiger partial charge on any atom is -0.381 e. The van der Waals surface area contributed by atoms with Gasteiger partial charge in [-0.05, 0) is 62.2 Å². The first-order chi connectivity index (χ1) is 15.2. The van der Waals surface area contributed by atoms with E-state index in [-0.39, 0.29) is 11.7 Å². The Kier molecular flexibility index (Phi) is 4.93. The molecule has 0 amide bonds. The molecule has 1 aliphatic heterocycles. The van der Waals surface area contributed by atoms with Crippen LogP contribution in [0, 0.1) is 18.2 Å². The quantitative estimate of drug-likeness (QED) is 0.389. The zero-order valence-corrected chi connectivity index (χ0v) is 19.0. The lowest BCUT2D eigenvalue weighted by atomic mass is 9.95. The van der Waals surface area contributed by atoms with Crippen molar-refractivity contribution in [3.63, 3.8) is 0 Å². The number of fused-ring (bicyclic) bond motifs is 2. The van der Waals surface area contributed by atoms with Gasteiger partial charge in [0.25, 0.3) is 5.91 Å². The Balaban J connectivity index is 1.78. The van der Waals surface area contributed by atoms with E-state index in [9.17, 15) is 9.18 Å². The van der Waals surface area contributed by atoms with Crippen LogP contribution in [0.4, 0.5) is 4.39 Å². The van der Waals surface area contributed by atoms with Crippen molar-refractivity contribution in [2.75, 3.05) is 13.2 Å². The molecule has 5 rings (SSSR count). The molecule has 0 N–H and O–H groups in total. The lowest BCUT2D eigenvalue weighted by Gasteiger charge is -2.24. The van der Waals surface area contributed by atoms with Gasteiger partial charge in [0.15, 0.2) is 0 Å². The molecule has 166 valence electrons. The van der Waals surface area contributed by atoms with Crippen LogP contribution in [0.5, 0.6) is 0 Å². The van der Waals surface area contributed by atoms with Gasteiger partial charge in [-0.25, -0.2) is 4.39 Å². The van der Waals surface area contributed by atoms with E-state index < -0.39 is 5.41 Å². The summed E-state index contributed by atoms with van der Waals surface area (Å²) in [7, 11) is 0. The Morgan fingerprint density at radius 1 is 1.06 bits per heavy atom. The number of nitrogens with zero attached hydrogens (tertiary/aromatic N) is 3. The summed E-state index contributed by atoms with van der Waals surface area (Å²) in [5.74, 6) is 0.0775. The third-order valence-corrected chi connectivity index (χ3v) is 6.37. The average Bonchev–Trinajstić information content (AvgIpc) is 3.30. The fraction of sp³-hybridized carbons (Fsp3) is 0.385. The van der Waals surface area contributed by atoms with Gasteiger partial charge in [0, 0.05) is 46.7 Å². The third kappa shape index (κ3) is 3.43. The molecule has 2 aromatic heterocycles. The highest BCUT2D eigenvalue weighted by molar-refractivity contribution is 6.02. The van der Waals surface area contributed by atoms with E-state index in [1.54, 1.807) is 4.68 Å². The molecule has 3 heterocycles. The second kappa shape index (κ2) is 7.55. The smallest absolute Gasteiger partial charge is 0.252 e. The van der Waals surface area contributed by atoms with E-state index in [4.69, 9.17) is 4.74 Å². The van der Waals surface area contributed by atoms with Crippen LogP contribution in [0.15, 0.2) is 42.5 Å². The maximum absolute atomic E-state index is 13.7. The minimum absolute atomic E-state index is 0.0300. The average molecular weight is 434 g/mol. The SMILES string of the molecule is Cc1nn(C(=O)C(C)(C)C)c2cc3cc(C4CCOCC4)n(-c4ccc(F)cc4)c3cc12. The first kappa shape index (κ1) is 20.9. The molecular weight excluding hydrogens is 405 g/mol. The van der Waals surface area contributed by atoms with Crippen molar-refractivity contribution in [2.24, 2.45) is 5.41 Å². The number of hydrogen-bond acceptors (Lipinski definition) is 3. The molecule has 1 saturated heterocycles. The maximum Gasteiger partial charge on any atom is 0.252 e. The lowest BCUT2D eigenvalue weighted by molar-refractivity contribution is 0.0755. The van der Waals surface area contributed by atoms with Gasteiger partial charge in [0.05, 0.1) is 16.7 Å². The van der Waals surface area contributed by atoms with Crippen molar-refractivity contribution in [1.29, 1.82) is 0 Å². The highest BCUT2D eigenvalue weighted by atomic mass is 19.1. The Morgan fingerprint density at radius 2 is 1.75 bits per heavy atom. The van der Waals surface area contributed by atoms with Crippen molar-refractivity contribution in [2.45, 2.75) is 46.5 Å². The molecule has 2 aromatic carbocycles. The zero-order chi connectivity index (χ0) is 22.6. The van der Waals surface area contributed by atoms with Crippen LogP contribution in [-0.4, -0.2) is 33.5 Å². The maximum atomic E-state index is 13.7. The standard InChI is InChI=1S/C26H28FN3O2/c1-16-21-15-23-18(14-24(21)30(28-16)25(31)26(2,3)4)13-22(17-9-11-32-12-10-17)29(23)20-7-5-19(27)6-8-20/h5-8,13-15,17H,9-12H2,1-4H3. The first-order valence-corrected chi connectivity index (χ1v) is 11.2. The van der Waals surface area contributed by atoms with Gasteiger partial charge < -0.3 is 9.30 Å². The lowest BCUT2D eigenvalue weighted by Crippen LogP contribution is -2.27. The second-order valence-corrected chi connectivity index (χ2v) is 9.75. The van der Waals surface area contributed by atoms with Gasteiger partial charge in [0.2, 0.25) is 0 Å². The van der Waals surface area contributed by atoms with E-state index in [1.807, 2.05) is 39.8 Å². The van der Waals surface area contributed by atoms with Gasteiger partial charge in [-0.15, -0.1) is 0 Å². The summed E-state index contributed by atoms with van der Waals surface area (Å²) in [5, 5.41) is 6.58. The summed E-state index contributed by atoms with van der Waals surface area (Å²) >= 11 is 0. The third-order valence-electron chi connectivity index (χ3n) is 6.37. The monoisotopic (exact) mass is 433 g/mol. The Morgan fingerprint density at radius 3 is 2.41 bits per heavy atom. The molecule has 6 heteroatoms. The highest BCUT2D eigenvalue weighted by Gasteiger charge is 2.27. The molecule has 1 fully saturated rings. The summed E-state index contributed by atoms with van der Waals surface area (Å²) in [6, 6.07) is 13.0. The van der Waals surface area contributed by atoms with Crippen LogP contribution in [0.1, 0.15) is 55.7 Å². The van der Waals surface area contributed by atoms with E-state index >= 15 is 0 Å². The molecule has 4 aromatic rings. The first-order valence-electron chi connectivity index (χ1n) is 11.2. The van der Waals surface area contributed by atoms with Gasteiger partial charge >= 0.3 is 0 Å². The number of benzene rings is 2. The van der Waals surface area contributed by atoms with Crippen LogP contribution in [0.2, 0.25) is 0 Å². The van der Waals surface area contributed by atoms with Gasteiger partial charge in [-0.1, -0.05) is 20.8 Å². The summed E-state index contributed by atoms with van der Waals surface area (Å²) in [6.45, 7) is 9.14. The van der Waals surface area contributed by atoms with E-state index in [0.717, 1.165) is 59.2 Å². The summed E-state index contributed by atoms with van der Waals surface area (Å²) in [4.78, 5) is 13.0. The fourth-order valence-corrected chi connectivity index (χ4v) is 4.63. The number of halogens is 1. The largest absolute Gasteiger partial charge is 0.381 e. The molecule has 0 unspecified atom stereocenters. The van der Waals surface area contributed by atoms with E-state index in [0.29, 0.717) is 5.92 Å². The van der Waals surface area contributed by atoms with Gasteiger partial charge in [-0.2, -0.15) is 9.78 Å². The van der Waals surface area contributed by atoms with Gasteiger partial charge in [0.1, 0.15) is 5.82 Å². The number of rotatable bonds is 2. The Labute approximate surface area is 186 Å². The predicted molar refractivity (Wildman–Crippen MR) is 124 cm³/mol. The van der Waals surface area contributed by atoms with Crippen molar-refractivity contribution < 1.29 is 13.9 Å². The van der Waals surface area contributed by atoms with Crippen LogP contribution in [0.25, 0.3) is 27.5 Å². The predicted octanol–water partition coefficient (Wildman–Crippen LogP) is 6.01. The van der Waals surface area contributed by atoms with Crippen LogP contribution < -0.4 is 0 Å². The van der Waals surface area contributed by atoms with E-state index in [2.05, 4.69) is 27.9 Å². The normalized spacial score (nSPS) is 15.7. The molecule has 0 saturated carbocycles. The molecule has 0 bridgehead atoms. The topological polar surface area (TPSA) is 49.1 Å². The van der Waals surface area contributed by atoms with Crippen LogP contribution in [0.3, 0.4) is 0 Å². The van der Waals surface area contributed by atoms with Crippen molar-refractivity contribution in [1.82, 2.24) is 14.3 Å². The fourth-order valence-electron chi connectivity index (χ4n) is 4.63. The Bertz CT molecular complexity index is 1320. The molecule has 0 aliphatic carbocycles. The zero-order valence-electron chi connectivity index (χ0n) is 19.0. The molecule has 32 heavy (non-hydrogen) atoms. The number of carbonyl (C=O) groups is 1. The van der Waals surface area contributed by atoms with Crippen molar-refractivity contribution >= 4 is 27.7 Å². The molecule has 5 nitrogen and oxygen atoms in total. The Hall–Kier alpha value is -2.99. The molecule has 1 aliphatic rings. The number of ether oxygens (including phenoxy) is 1. The number of aryl methyl sites for hydroxylation is 1. The molecule has 0 spiro atoms. The van der Waals surface area contributed by atoms with Crippen molar-refractivity contribution in [3.05, 3.63) is 59.7 Å². The number of hydrogen-bond donors (Lipinski definition) is 0. The summed E-state index contributed by atoms with van der Waals surface area (Å²) in [6.07, 6.45) is 1.90. The van der Waals surface area contributed by atoms with Gasteiger partial charge in [-0.3, -0.25) is 4.79 Å². The highest BCUT2D eigenvalue weighted by Crippen LogP contribution is 2.37. The molecular formula is C26H28FN3O2. The second-order valence-electron chi connectivity index (χ2n) is 9.75. The number of aromatic nitrogens is 3. The van der Waals surface area contributed by atoms with Crippen molar-refractivity contribution in [3.8, 4) is 5.69 Å². The summed E-state index contributed by atoms with van der Waals surface area (Å²) in [5.41, 5.74) is 4.27. The summed E-state index contributed by atoms with van der Waals surface area (Å²) < 4.78 is 23.0. The molecule has 0 radical (unpaired) electrons. The number of carbonyl (C=O) groups excluding carboxylic acids is 1. The van der Waals surface area contributed by atoms with Crippen LogP contribution >= 0.6 is 0 Å². The van der Waals surface area contributed by atoms with E-state index in [1.165, 1.54) is 17.8 Å².